The second-order valence-corrected chi connectivity index (χ2v) is 11.6. The number of thioether (sulfide) groups is 1. The Morgan fingerprint density at radius 2 is 2.09 bits per heavy atom. The first-order chi connectivity index (χ1) is 16.7. The third-order valence-corrected chi connectivity index (χ3v) is 9.63. The average molecular weight is 517 g/mol. The van der Waals surface area contributed by atoms with Gasteiger partial charge in [-0.05, 0) is 36.4 Å². The minimum absolute atomic E-state index is 0.00282. The van der Waals surface area contributed by atoms with Gasteiger partial charge in [-0.15, -0.1) is 0 Å². The number of anilines is 1. The lowest BCUT2D eigenvalue weighted by Crippen LogP contribution is -2.60. The third-order valence-electron chi connectivity index (χ3n) is 6.47. The number of hydrogen-bond donors (Lipinski definition) is 2. The van der Waals surface area contributed by atoms with Crippen molar-refractivity contribution < 1.29 is 33.0 Å². The van der Waals surface area contributed by atoms with Gasteiger partial charge >= 0.3 is 5.97 Å². The molecule has 3 aliphatic rings. The maximum Gasteiger partial charge on any atom is 0.356 e. The highest BCUT2D eigenvalue weighted by atomic mass is 32.2. The number of nitrogens with zero attached hydrogens (tertiary/aromatic N) is 2. The number of sulfonamides is 1. The molecular formula is C24H24N2O7S2. The molecule has 1 amide bonds. The summed E-state index contributed by atoms with van der Waals surface area (Å²) in [5.41, 5.74) is 1.31. The predicted molar refractivity (Wildman–Crippen MR) is 131 cm³/mol. The van der Waals surface area contributed by atoms with Crippen LogP contribution >= 0.6 is 11.8 Å². The second kappa shape index (κ2) is 8.66. The molecule has 2 aromatic rings. The molecular weight excluding hydrogens is 492 g/mol. The van der Waals surface area contributed by atoms with E-state index < -0.39 is 39.3 Å². The minimum atomic E-state index is -3.94. The lowest BCUT2D eigenvalue weighted by atomic mass is 9.92. The minimum Gasteiger partial charge on any atom is -0.457 e. The van der Waals surface area contributed by atoms with Crippen molar-refractivity contribution >= 4 is 50.1 Å². The summed E-state index contributed by atoms with van der Waals surface area (Å²) >= 11 is 1.20. The largest absolute Gasteiger partial charge is 0.457 e. The van der Waals surface area contributed by atoms with Gasteiger partial charge in [-0.2, -0.15) is 0 Å². The van der Waals surface area contributed by atoms with Gasteiger partial charge in [0, 0.05) is 16.9 Å². The summed E-state index contributed by atoms with van der Waals surface area (Å²) in [5, 5.41) is 20.3. The molecule has 3 aliphatic heterocycles. The van der Waals surface area contributed by atoms with E-state index in [0.717, 1.165) is 10.9 Å². The Balaban J connectivity index is 1.58. The standard InChI is InChI=1S/C24H24N2O7S2/c1-3-11-33-24(30)21-17(34-23-19(13(2)28)22(29)26(21)23)12-25-16-6-4-5-15-14(9-10-27)7-8-18(20(15)16)35(25,31)32/h3-8,13,19,23,27-28H,1,9-12H2,2H3. The number of benzene rings is 2. The first-order valence-electron chi connectivity index (χ1n) is 11.1. The van der Waals surface area contributed by atoms with Gasteiger partial charge in [-0.3, -0.25) is 14.0 Å². The summed E-state index contributed by atoms with van der Waals surface area (Å²) in [6, 6.07) is 8.53. The van der Waals surface area contributed by atoms with Crippen LogP contribution in [0.15, 0.2) is 58.5 Å². The number of amides is 1. The number of carbonyl (C=O) groups excluding carboxylic acids is 2. The van der Waals surface area contributed by atoms with E-state index in [0.29, 0.717) is 22.4 Å². The van der Waals surface area contributed by atoms with E-state index in [1.165, 1.54) is 34.0 Å². The number of ether oxygens (including phenoxy) is 1. The van der Waals surface area contributed by atoms with Crippen molar-refractivity contribution in [3.63, 3.8) is 0 Å². The fourth-order valence-corrected chi connectivity index (χ4v) is 8.22. The van der Waals surface area contributed by atoms with E-state index in [1.807, 2.05) is 6.07 Å². The first kappa shape index (κ1) is 23.9. The maximum atomic E-state index is 13.6. The zero-order valence-corrected chi connectivity index (χ0v) is 20.5. The van der Waals surface area contributed by atoms with E-state index in [9.17, 15) is 28.2 Å². The molecule has 1 fully saturated rings. The van der Waals surface area contributed by atoms with E-state index in [-0.39, 0.29) is 30.4 Å². The molecule has 3 unspecified atom stereocenters. The van der Waals surface area contributed by atoms with Crippen molar-refractivity contribution in [3.8, 4) is 0 Å². The van der Waals surface area contributed by atoms with Crippen LogP contribution in [0.25, 0.3) is 10.8 Å². The summed E-state index contributed by atoms with van der Waals surface area (Å²) in [5.74, 6) is -1.84. The Kier molecular flexibility index (Phi) is 5.91. The number of aliphatic hydroxyl groups is 2. The number of β-lactam (4-membered cyclic amide) rings is 1. The van der Waals surface area contributed by atoms with Crippen molar-refractivity contribution in [2.75, 3.05) is 24.1 Å². The summed E-state index contributed by atoms with van der Waals surface area (Å²) in [7, 11) is -3.94. The van der Waals surface area contributed by atoms with Gasteiger partial charge in [-0.25, -0.2) is 13.2 Å². The highest BCUT2D eigenvalue weighted by molar-refractivity contribution is 8.04. The Labute approximate surface area is 206 Å². The summed E-state index contributed by atoms with van der Waals surface area (Å²) in [6.45, 7) is 4.75. The van der Waals surface area contributed by atoms with Gasteiger partial charge in [0.05, 0.1) is 29.1 Å². The summed E-state index contributed by atoms with van der Waals surface area (Å²) < 4.78 is 33.6. The Bertz CT molecular complexity index is 1400. The molecule has 35 heavy (non-hydrogen) atoms. The van der Waals surface area contributed by atoms with Gasteiger partial charge in [0.25, 0.3) is 10.0 Å². The maximum absolute atomic E-state index is 13.6. The normalized spacial score (nSPS) is 22.9. The molecule has 5 rings (SSSR count). The number of hydrogen-bond acceptors (Lipinski definition) is 8. The average Bonchev–Trinajstić information content (AvgIpc) is 3.25. The van der Waals surface area contributed by atoms with Crippen LogP contribution in [0.4, 0.5) is 5.69 Å². The monoisotopic (exact) mass is 516 g/mol. The molecule has 0 saturated carbocycles. The molecule has 9 nitrogen and oxygen atoms in total. The number of carbonyl (C=O) groups is 2. The molecule has 11 heteroatoms. The highest BCUT2D eigenvalue weighted by Gasteiger charge is 2.58. The number of esters is 1. The molecule has 0 bridgehead atoms. The quantitative estimate of drug-likeness (QED) is 0.309. The van der Waals surface area contributed by atoms with Crippen molar-refractivity contribution in [2.45, 2.75) is 29.7 Å². The molecule has 2 N–H and O–H groups in total. The van der Waals surface area contributed by atoms with Crippen LogP contribution in [0.5, 0.6) is 0 Å². The molecule has 184 valence electrons. The van der Waals surface area contributed by atoms with Crippen LogP contribution in [0.1, 0.15) is 12.5 Å². The zero-order chi connectivity index (χ0) is 25.1. The zero-order valence-electron chi connectivity index (χ0n) is 18.9. The first-order valence-corrected chi connectivity index (χ1v) is 13.4. The molecule has 3 atom stereocenters. The van der Waals surface area contributed by atoms with Crippen molar-refractivity contribution in [2.24, 2.45) is 5.92 Å². The second-order valence-electron chi connectivity index (χ2n) is 8.55. The summed E-state index contributed by atoms with van der Waals surface area (Å²) in [4.78, 5) is 27.5. The van der Waals surface area contributed by atoms with Gasteiger partial charge < -0.3 is 14.9 Å². The van der Waals surface area contributed by atoms with Gasteiger partial charge in [0.15, 0.2) is 0 Å². The SMILES string of the molecule is C=CCOC(=O)C1=C(CN2c3cccc4c(CCO)ccc(c34)S2(=O)=O)SC2C(C(C)O)C(=O)N12. The Morgan fingerprint density at radius 3 is 2.77 bits per heavy atom. The van der Waals surface area contributed by atoms with E-state index in [4.69, 9.17) is 4.74 Å². The smallest absolute Gasteiger partial charge is 0.356 e. The fraction of sp³-hybridized carbons (Fsp3) is 0.333. The topological polar surface area (TPSA) is 124 Å². The molecule has 1 saturated heterocycles. The highest BCUT2D eigenvalue weighted by Crippen LogP contribution is 2.52. The van der Waals surface area contributed by atoms with Crippen LogP contribution in [0, 0.1) is 5.92 Å². The molecule has 0 aliphatic carbocycles. The van der Waals surface area contributed by atoms with Crippen LogP contribution in [0.2, 0.25) is 0 Å². The van der Waals surface area contributed by atoms with E-state index in [1.54, 1.807) is 24.3 Å². The van der Waals surface area contributed by atoms with Crippen molar-refractivity contribution in [3.05, 3.63) is 59.2 Å². The molecule has 0 radical (unpaired) electrons. The van der Waals surface area contributed by atoms with Crippen molar-refractivity contribution in [1.82, 2.24) is 4.90 Å². The fourth-order valence-electron chi connectivity index (χ4n) is 4.88. The molecule has 2 aromatic carbocycles. The Morgan fingerprint density at radius 1 is 1.31 bits per heavy atom. The molecule has 0 aromatic heterocycles. The third kappa shape index (κ3) is 3.48. The van der Waals surface area contributed by atoms with Crippen LogP contribution in [-0.2, 0) is 30.8 Å². The van der Waals surface area contributed by atoms with Gasteiger partial charge in [-0.1, -0.05) is 42.6 Å². The van der Waals surface area contributed by atoms with E-state index in [2.05, 4.69) is 6.58 Å². The predicted octanol–water partition coefficient (Wildman–Crippen LogP) is 1.74. The number of aliphatic hydroxyl groups excluding tert-OH is 2. The van der Waals surface area contributed by atoms with Crippen LogP contribution in [-0.4, -0.2) is 66.6 Å². The van der Waals surface area contributed by atoms with E-state index >= 15 is 0 Å². The Hall–Kier alpha value is -2.86. The summed E-state index contributed by atoms with van der Waals surface area (Å²) in [6.07, 6.45) is 0.875. The van der Waals surface area contributed by atoms with Gasteiger partial charge in [0.1, 0.15) is 17.7 Å². The molecule has 0 spiro atoms. The number of fused-ring (bicyclic) bond motifs is 1. The van der Waals surface area contributed by atoms with Gasteiger partial charge in [0.2, 0.25) is 5.91 Å². The molecule has 3 heterocycles. The lowest BCUT2D eigenvalue weighted by molar-refractivity contribution is -0.157. The number of rotatable bonds is 8. The van der Waals surface area contributed by atoms with Crippen LogP contribution < -0.4 is 4.31 Å². The lowest BCUT2D eigenvalue weighted by Gasteiger charge is -2.43. The van der Waals surface area contributed by atoms with Crippen LogP contribution in [0.3, 0.4) is 0 Å². The van der Waals surface area contributed by atoms with Crippen molar-refractivity contribution in [1.29, 1.82) is 0 Å².